The molecule has 0 radical (unpaired) electrons. The van der Waals surface area contributed by atoms with Crippen LogP contribution in [0.25, 0.3) is 0 Å². The highest BCUT2D eigenvalue weighted by Gasteiger charge is 2.24. The second-order valence-corrected chi connectivity index (χ2v) is 5.56. The first-order chi connectivity index (χ1) is 9.80. The number of carbonyl (C=O) groups excluding carboxylic acids is 1. The highest BCUT2D eigenvalue weighted by atomic mass is 32.2. The van der Waals surface area contributed by atoms with Gasteiger partial charge < -0.3 is 4.74 Å². The standard InChI is InChI=1S/C11H11N3O6S/c1-20-10(15)7-21(18,19)13-9-4-2-3-8(5-6-12)11(9)14(16)17/h2-4,13H,5,7H2,1H3. The average Bonchev–Trinajstić information content (AvgIpc) is 2.37. The zero-order chi connectivity index (χ0) is 16.0. The molecule has 1 N–H and O–H groups in total. The van der Waals surface area contributed by atoms with E-state index >= 15 is 0 Å². The van der Waals surface area contributed by atoms with Crippen LogP contribution in [-0.2, 0) is 26.0 Å². The van der Waals surface area contributed by atoms with Crippen LogP contribution in [-0.4, -0.2) is 32.2 Å². The number of para-hydroxylation sites is 1. The maximum absolute atomic E-state index is 11.7. The highest BCUT2D eigenvalue weighted by molar-refractivity contribution is 7.93. The third-order valence-corrected chi connectivity index (χ3v) is 3.52. The van der Waals surface area contributed by atoms with Crippen molar-refractivity contribution in [2.45, 2.75) is 6.42 Å². The monoisotopic (exact) mass is 313 g/mol. The minimum atomic E-state index is -4.15. The van der Waals surface area contributed by atoms with Crippen LogP contribution in [0.4, 0.5) is 11.4 Å². The van der Waals surface area contributed by atoms with Crippen LogP contribution < -0.4 is 4.72 Å². The molecule has 0 saturated heterocycles. The molecule has 1 rings (SSSR count). The van der Waals surface area contributed by atoms with Gasteiger partial charge in [0.05, 0.1) is 24.5 Å². The number of methoxy groups -OCH3 is 1. The van der Waals surface area contributed by atoms with E-state index in [2.05, 4.69) is 4.74 Å². The summed E-state index contributed by atoms with van der Waals surface area (Å²) in [5.41, 5.74) is -0.759. The van der Waals surface area contributed by atoms with Crippen molar-refractivity contribution in [3.63, 3.8) is 0 Å². The lowest BCUT2D eigenvalue weighted by molar-refractivity contribution is -0.384. The van der Waals surface area contributed by atoms with Gasteiger partial charge >= 0.3 is 5.97 Å². The van der Waals surface area contributed by atoms with Gasteiger partial charge in [0.25, 0.3) is 5.69 Å². The molecule has 0 aromatic heterocycles. The van der Waals surface area contributed by atoms with Crippen LogP contribution in [0.15, 0.2) is 18.2 Å². The number of rotatable bonds is 6. The Morgan fingerprint density at radius 1 is 1.52 bits per heavy atom. The summed E-state index contributed by atoms with van der Waals surface area (Å²) in [6.45, 7) is 0. The lowest BCUT2D eigenvalue weighted by Crippen LogP contribution is -2.24. The van der Waals surface area contributed by atoms with E-state index in [1.54, 1.807) is 6.07 Å². The molecule has 1 aromatic carbocycles. The molecule has 0 saturated carbocycles. The molecule has 1 aromatic rings. The normalized spacial score (nSPS) is 10.5. The first kappa shape index (κ1) is 16.4. The van der Waals surface area contributed by atoms with Gasteiger partial charge in [0.15, 0.2) is 5.75 Å². The summed E-state index contributed by atoms with van der Waals surface area (Å²) in [5.74, 6) is -1.97. The molecular formula is C11H11N3O6S. The molecule has 21 heavy (non-hydrogen) atoms. The second kappa shape index (κ2) is 6.67. The fourth-order valence-corrected chi connectivity index (χ4v) is 2.53. The molecule has 0 aliphatic rings. The van der Waals surface area contributed by atoms with E-state index < -0.39 is 32.4 Å². The van der Waals surface area contributed by atoms with Gasteiger partial charge in [-0.1, -0.05) is 12.1 Å². The Balaban J connectivity index is 3.20. The molecule has 0 aliphatic heterocycles. The summed E-state index contributed by atoms with van der Waals surface area (Å²) in [6.07, 6.45) is -0.247. The van der Waals surface area contributed by atoms with Gasteiger partial charge in [0.1, 0.15) is 5.69 Å². The van der Waals surface area contributed by atoms with E-state index in [9.17, 15) is 23.3 Å². The Kier molecular flexibility index (Phi) is 5.20. The van der Waals surface area contributed by atoms with Crippen LogP contribution in [0, 0.1) is 21.4 Å². The Labute approximate surface area is 120 Å². The summed E-state index contributed by atoms with van der Waals surface area (Å²) < 4.78 is 29.6. The zero-order valence-corrected chi connectivity index (χ0v) is 11.7. The van der Waals surface area contributed by atoms with E-state index in [4.69, 9.17) is 5.26 Å². The number of nitrogens with one attached hydrogen (secondary N) is 1. The maximum Gasteiger partial charge on any atom is 0.322 e. The van der Waals surface area contributed by atoms with Crippen LogP contribution in [0.5, 0.6) is 0 Å². The quantitative estimate of drug-likeness (QED) is 0.460. The first-order valence-corrected chi connectivity index (χ1v) is 7.16. The topological polar surface area (TPSA) is 139 Å². The van der Waals surface area contributed by atoms with Gasteiger partial charge in [-0.05, 0) is 6.07 Å². The smallest absolute Gasteiger partial charge is 0.322 e. The van der Waals surface area contributed by atoms with Gasteiger partial charge in [0, 0.05) is 5.56 Å². The molecule has 10 heteroatoms. The van der Waals surface area contributed by atoms with Gasteiger partial charge in [-0.3, -0.25) is 19.6 Å². The maximum atomic E-state index is 11.7. The number of nitrogens with zero attached hydrogens (tertiary/aromatic N) is 2. The molecule has 0 aliphatic carbocycles. The SMILES string of the molecule is COC(=O)CS(=O)(=O)Nc1cccc(CC#N)c1[N+](=O)[O-]. The van der Waals surface area contributed by atoms with Crippen LogP contribution in [0.1, 0.15) is 5.56 Å². The number of benzene rings is 1. The number of carbonyl (C=O) groups is 1. The summed E-state index contributed by atoms with van der Waals surface area (Å²) in [5, 5.41) is 19.7. The molecule has 0 unspecified atom stereocenters. The first-order valence-electron chi connectivity index (χ1n) is 5.51. The van der Waals surface area contributed by atoms with Crippen LogP contribution >= 0.6 is 0 Å². The Morgan fingerprint density at radius 2 is 2.19 bits per heavy atom. The van der Waals surface area contributed by atoms with E-state index in [0.29, 0.717) is 0 Å². The number of anilines is 1. The lowest BCUT2D eigenvalue weighted by Gasteiger charge is -2.09. The van der Waals surface area contributed by atoms with Gasteiger partial charge in [-0.15, -0.1) is 0 Å². The number of hydrogen-bond acceptors (Lipinski definition) is 7. The Bertz CT molecular complexity index is 707. The number of ether oxygens (including phenoxy) is 1. The molecule has 112 valence electrons. The molecule has 0 spiro atoms. The largest absolute Gasteiger partial charge is 0.468 e. The highest BCUT2D eigenvalue weighted by Crippen LogP contribution is 2.29. The fraction of sp³-hybridized carbons (Fsp3) is 0.273. The van der Waals surface area contributed by atoms with E-state index in [1.807, 2.05) is 4.72 Å². The Hall–Kier alpha value is -2.67. The number of nitriles is 1. The third kappa shape index (κ3) is 4.43. The van der Waals surface area contributed by atoms with Crippen molar-refractivity contribution >= 4 is 27.4 Å². The number of nitro groups is 1. The lowest BCUT2D eigenvalue weighted by atomic mass is 10.1. The molecule has 0 fully saturated rings. The predicted molar refractivity (Wildman–Crippen MR) is 71.8 cm³/mol. The van der Waals surface area contributed by atoms with E-state index in [1.165, 1.54) is 18.2 Å². The molecule has 0 heterocycles. The van der Waals surface area contributed by atoms with Crippen molar-refractivity contribution in [1.82, 2.24) is 0 Å². The van der Waals surface area contributed by atoms with Crippen molar-refractivity contribution < 1.29 is 22.9 Å². The minimum absolute atomic E-state index is 0.0702. The van der Waals surface area contributed by atoms with Gasteiger partial charge in [-0.25, -0.2) is 8.42 Å². The predicted octanol–water partition coefficient (Wildman–Crippen LogP) is 0.576. The minimum Gasteiger partial charge on any atom is -0.468 e. The summed E-state index contributed by atoms with van der Waals surface area (Å²) >= 11 is 0. The molecule has 0 bridgehead atoms. The van der Waals surface area contributed by atoms with Crippen LogP contribution in [0.2, 0.25) is 0 Å². The number of hydrogen-bond donors (Lipinski definition) is 1. The number of nitro benzene ring substituents is 1. The summed E-state index contributed by atoms with van der Waals surface area (Å²) in [4.78, 5) is 21.2. The van der Waals surface area contributed by atoms with Gasteiger partial charge in [0.2, 0.25) is 10.0 Å². The molecule has 9 nitrogen and oxygen atoms in total. The van der Waals surface area contributed by atoms with E-state index in [-0.39, 0.29) is 17.7 Å². The second-order valence-electron chi connectivity index (χ2n) is 3.84. The average molecular weight is 313 g/mol. The van der Waals surface area contributed by atoms with Crippen molar-refractivity contribution in [2.75, 3.05) is 17.6 Å². The van der Waals surface area contributed by atoms with Crippen molar-refractivity contribution in [1.29, 1.82) is 5.26 Å². The number of esters is 1. The van der Waals surface area contributed by atoms with Crippen LogP contribution in [0.3, 0.4) is 0 Å². The number of sulfonamides is 1. The summed E-state index contributed by atoms with van der Waals surface area (Å²) in [7, 11) is -3.12. The Morgan fingerprint density at radius 3 is 2.71 bits per heavy atom. The van der Waals surface area contributed by atoms with Crippen molar-refractivity contribution in [2.24, 2.45) is 0 Å². The molecule has 0 amide bonds. The summed E-state index contributed by atoms with van der Waals surface area (Å²) in [6, 6.07) is 5.65. The van der Waals surface area contributed by atoms with E-state index in [0.717, 1.165) is 7.11 Å². The fourth-order valence-electron chi connectivity index (χ4n) is 1.53. The molecular weight excluding hydrogens is 302 g/mol. The van der Waals surface area contributed by atoms with Crippen molar-refractivity contribution in [3.8, 4) is 6.07 Å². The zero-order valence-electron chi connectivity index (χ0n) is 10.9. The van der Waals surface area contributed by atoms with Gasteiger partial charge in [-0.2, -0.15) is 5.26 Å². The third-order valence-electron chi connectivity index (χ3n) is 2.37. The molecule has 0 atom stereocenters. The van der Waals surface area contributed by atoms with Crippen molar-refractivity contribution in [3.05, 3.63) is 33.9 Å².